The Morgan fingerprint density at radius 2 is 2.11 bits per heavy atom. The first-order chi connectivity index (χ1) is 8.69. The van der Waals surface area contributed by atoms with Crippen LogP contribution in [0.3, 0.4) is 0 Å². The molecule has 0 aliphatic carbocycles. The van der Waals surface area contributed by atoms with Crippen molar-refractivity contribution in [3.8, 4) is 0 Å². The quantitative estimate of drug-likeness (QED) is 0.874. The predicted octanol–water partition coefficient (Wildman–Crippen LogP) is 3.10. The Labute approximate surface area is 115 Å². The van der Waals surface area contributed by atoms with E-state index >= 15 is 0 Å². The van der Waals surface area contributed by atoms with Gasteiger partial charge in [-0.25, -0.2) is 4.98 Å². The zero-order chi connectivity index (χ0) is 13.0. The van der Waals surface area contributed by atoms with Gasteiger partial charge in [0.05, 0.1) is 0 Å². The van der Waals surface area contributed by atoms with Gasteiger partial charge in [-0.3, -0.25) is 4.79 Å². The second kappa shape index (κ2) is 6.02. The summed E-state index contributed by atoms with van der Waals surface area (Å²) in [5, 5.41) is 4.66. The van der Waals surface area contributed by atoms with Gasteiger partial charge in [0.1, 0.15) is 4.34 Å². The van der Waals surface area contributed by atoms with E-state index in [0.717, 1.165) is 15.8 Å². The molecule has 1 aromatic heterocycles. The maximum absolute atomic E-state index is 11.4. The Bertz CT molecular complexity index is 534. The van der Waals surface area contributed by atoms with Crippen molar-refractivity contribution in [3.05, 3.63) is 46.5 Å². The molecule has 0 unspecified atom stereocenters. The van der Waals surface area contributed by atoms with Crippen LogP contribution in [-0.2, 0) is 5.75 Å². The highest BCUT2D eigenvalue weighted by atomic mass is 32.2. The molecular weight excluding hydrogens is 264 g/mol. The monoisotopic (exact) mass is 278 g/mol. The van der Waals surface area contributed by atoms with E-state index in [9.17, 15) is 4.79 Å². The van der Waals surface area contributed by atoms with Gasteiger partial charge in [-0.15, -0.1) is 11.3 Å². The molecule has 2 rings (SSSR count). The summed E-state index contributed by atoms with van der Waals surface area (Å²) in [6.45, 7) is 2.00. The van der Waals surface area contributed by atoms with Gasteiger partial charge in [0.25, 0.3) is 5.91 Å². The number of nitrogens with one attached hydrogen (secondary N) is 1. The van der Waals surface area contributed by atoms with E-state index < -0.39 is 0 Å². The van der Waals surface area contributed by atoms with E-state index in [1.165, 1.54) is 5.56 Å². The third kappa shape index (κ3) is 3.34. The molecule has 2 aromatic rings. The molecule has 0 radical (unpaired) electrons. The molecule has 0 atom stereocenters. The highest BCUT2D eigenvalue weighted by Crippen LogP contribution is 2.25. The summed E-state index contributed by atoms with van der Waals surface area (Å²) in [6.07, 6.45) is 0. The standard InChI is InChI=1S/C13H14N2OS2/c1-9-7-17-13(15-9)18-8-10-3-5-11(6-4-10)12(16)14-2/h3-7H,8H2,1-2H3,(H,14,16). The lowest BCUT2D eigenvalue weighted by Crippen LogP contribution is -2.17. The molecule has 1 heterocycles. The van der Waals surface area contributed by atoms with Crippen LogP contribution in [0.25, 0.3) is 0 Å². The Morgan fingerprint density at radius 3 is 2.67 bits per heavy atom. The number of rotatable bonds is 4. The molecule has 1 amide bonds. The van der Waals surface area contributed by atoms with Crippen molar-refractivity contribution >= 4 is 29.0 Å². The molecule has 0 aliphatic rings. The minimum atomic E-state index is -0.0512. The lowest BCUT2D eigenvalue weighted by molar-refractivity contribution is 0.0963. The van der Waals surface area contributed by atoms with Gasteiger partial charge in [-0.05, 0) is 24.6 Å². The first-order valence-corrected chi connectivity index (χ1v) is 7.41. The summed E-state index contributed by atoms with van der Waals surface area (Å²) in [6, 6.07) is 7.67. The van der Waals surface area contributed by atoms with E-state index in [1.807, 2.05) is 31.2 Å². The van der Waals surface area contributed by atoms with Gasteiger partial charge in [-0.1, -0.05) is 23.9 Å². The summed E-state index contributed by atoms with van der Waals surface area (Å²) in [7, 11) is 1.64. The van der Waals surface area contributed by atoms with Crippen LogP contribution < -0.4 is 5.32 Å². The Balaban J connectivity index is 1.96. The molecule has 0 saturated heterocycles. The minimum Gasteiger partial charge on any atom is -0.355 e. The number of aryl methyl sites for hydroxylation is 1. The summed E-state index contributed by atoms with van der Waals surface area (Å²) < 4.78 is 1.09. The third-order valence-corrected chi connectivity index (χ3v) is 4.61. The Hall–Kier alpha value is -1.33. The summed E-state index contributed by atoms with van der Waals surface area (Å²) in [5.74, 6) is 0.825. The van der Waals surface area contributed by atoms with E-state index in [4.69, 9.17) is 0 Å². The largest absolute Gasteiger partial charge is 0.355 e. The van der Waals surface area contributed by atoms with Crippen LogP contribution in [0.5, 0.6) is 0 Å². The van der Waals surface area contributed by atoms with Crippen molar-refractivity contribution in [1.29, 1.82) is 0 Å². The van der Waals surface area contributed by atoms with Gasteiger partial charge in [0.15, 0.2) is 0 Å². The number of thioether (sulfide) groups is 1. The number of amides is 1. The lowest BCUT2D eigenvalue weighted by Gasteiger charge is -2.02. The molecule has 94 valence electrons. The van der Waals surface area contributed by atoms with Crippen molar-refractivity contribution in [2.24, 2.45) is 0 Å². The van der Waals surface area contributed by atoms with Crippen LogP contribution >= 0.6 is 23.1 Å². The number of thiazole rings is 1. The number of aromatic nitrogens is 1. The molecule has 5 heteroatoms. The molecule has 0 bridgehead atoms. The highest BCUT2D eigenvalue weighted by molar-refractivity contribution is 8.00. The molecular formula is C13H14N2OS2. The van der Waals surface area contributed by atoms with Crippen LogP contribution in [0.15, 0.2) is 34.0 Å². The zero-order valence-electron chi connectivity index (χ0n) is 10.3. The van der Waals surface area contributed by atoms with Crippen LogP contribution in [0.1, 0.15) is 21.6 Å². The second-order valence-corrected chi connectivity index (χ2v) is 5.90. The average Bonchev–Trinajstić information content (AvgIpc) is 2.82. The Morgan fingerprint density at radius 1 is 1.39 bits per heavy atom. The zero-order valence-corrected chi connectivity index (χ0v) is 11.9. The molecule has 0 fully saturated rings. The third-order valence-electron chi connectivity index (χ3n) is 2.40. The van der Waals surface area contributed by atoms with E-state index in [1.54, 1.807) is 30.1 Å². The maximum atomic E-state index is 11.4. The lowest BCUT2D eigenvalue weighted by atomic mass is 10.1. The first-order valence-electron chi connectivity index (χ1n) is 5.55. The van der Waals surface area contributed by atoms with Crippen molar-refractivity contribution in [1.82, 2.24) is 10.3 Å². The summed E-state index contributed by atoms with van der Waals surface area (Å²) in [5.41, 5.74) is 2.95. The van der Waals surface area contributed by atoms with Gasteiger partial charge in [-0.2, -0.15) is 0 Å². The molecule has 0 saturated carbocycles. The minimum absolute atomic E-state index is 0.0512. The predicted molar refractivity (Wildman–Crippen MR) is 76.2 cm³/mol. The van der Waals surface area contributed by atoms with Gasteiger partial charge in [0.2, 0.25) is 0 Å². The van der Waals surface area contributed by atoms with Crippen molar-refractivity contribution in [2.75, 3.05) is 7.05 Å². The normalized spacial score (nSPS) is 10.3. The topological polar surface area (TPSA) is 42.0 Å². The van der Waals surface area contributed by atoms with Gasteiger partial charge in [0, 0.05) is 29.4 Å². The molecule has 18 heavy (non-hydrogen) atoms. The van der Waals surface area contributed by atoms with Crippen molar-refractivity contribution < 1.29 is 4.79 Å². The fourth-order valence-electron chi connectivity index (χ4n) is 1.44. The van der Waals surface area contributed by atoms with E-state index in [-0.39, 0.29) is 5.91 Å². The summed E-state index contributed by atoms with van der Waals surface area (Å²) >= 11 is 3.39. The van der Waals surface area contributed by atoms with Crippen LogP contribution in [0.4, 0.5) is 0 Å². The number of hydrogen-bond donors (Lipinski definition) is 1. The number of carbonyl (C=O) groups is 1. The Kier molecular flexibility index (Phi) is 4.38. The van der Waals surface area contributed by atoms with Gasteiger partial charge < -0.3 is 5.32 Å². The van der Waals surface area contributed by atoms with E-state index in [2.05, 4.69) is 15.7 Å². The fraction of sp³-hybridized carbons (Fsp3) is 0.231. The maximum Gasteiger partial charge on any atom is 0.251 e. The molecule has 0 aliphatic heterocycles. The number of carbonyl (C=O) groups excluding carboxylic acids is 1. The molecule has 1 N–H and O–H groups in total. The second-order valence-electron chi connectivity index (χ2n) is 3.82. The smallest absolute Gasteiger partial charge is 0.251 e. The van der Waals surface area contributed by atoms with Crippen LogP contribution in [-0.4, -0.2) is 17.9 Å². The SMILES string of the molecule is CNC(=O)c1ccc(CSc2nc(C)cs2)cc1. The number of nitrogens with zero attached hydrogens (tertiary/aromatic N) is 1. The fourth-order valence-corrected chi connectivity index (χ4v) is 3.25. The van der Waals surface area contributed by atoms with Crippen molar-refractivity contribution in [2.45, 2.75) is 17.0 Å². The average molecular weight is 278 g/mol. The summed E-state index contributed by atoms with van der Waals surface area (Å²) in [4.78, 5) is 15.8. The highest BCUT2D eigenvalue weighted by Gasteiger charge is 2.04. The molecule has 3 nitrogen and oxygen atoms in total. The van der Waals surface area contributed by atoms with Crippen LogP contribution in [0, 0.1) is 6.92 Å². The number of hydrogen-bond acceptors (Lipinski definition) is 4. The van der Waals surface area contributed by atoms with E-state index in [0.29, 0.717) is 5.56 Å². The molecule has 0 spiro atoms. The van der Waals surface area contributed by atoms with Crippen LogP contribution in [0.2, 0.25) is 0 Å². The van der Waals surface area contributed by atoms with Gasteiger partial charge >= 0.3 is 0 Å². The van der Waals surface area contributed by atoms with Crippen molar-refractivity contribution in [3.63, 3.8) is 0 Å². The number of benzene rings is 1. The first kappa shape index (κ1) is 13.1. The molecule has 1 aromatic carbocycles.